The van der Waals surface area contributed by atoms with Gasteiger partial charge in [0.1, 0.15) is 0 Å². The Kier molecular flexibility index (Phi) is 3.97. The van der Waals surface area contributed by atoms with Crippen LogP contribution in [-0.4, -0.2) is 25.5 Å². The van der Waals surface area contributed by atoms with E-state index in [4.69, 9.17) is 15.2 Å². The molecule has 16 heavy (non-hydrogen) atoms. The van der Waals surface area contributed by atoms with Gasteiger partial charge in [-0.1, -0.05) is 28.1 Å². The Morgan fingerprint density at radius 2 is 2.06 bits per heavy atom. The van der Waals surface area contributed by atoms with Gasteiger partial charge >= 0.3 is 0 Å². The van der Waals surface area contributed by atoms with E-state index in [1.54, 1.807) is 0 Å². The lowest BCUT2D eigenvalue weighted by molar-refractivity contribution is -0.158. The number of ether oxygens (including phenoxy) is 2. The molecule has 1 heterocycles. The Bertz CT molecular complexity index is 351. The van der Waals surface area contributed by atoms with Gasteiger partial charge < -0.3 is 15.2 Å². The second-order valence-corrected chi connectivity index (χ2v) is 4.87. The standard InChI is InChI=1S/C12H16BrNO2/c13-11-3-1-2-10(8-11)9-12(4-5-14)15-6-7-16-12/h1-3,8H,4-7,9,14H2. The van der Waals surface area contributed by atoms with Crippen molar-refractivity contribution in [3.63, 3.8) is 0 Å². The van der Waals surface area contributed by atoms with Gasteiger partial charge in [0, 0.05) is 17.3 Å². The van der Waals surface area contributed by atoms with Crippen LogP contribution in [-0.2, 0) is 15.9 Å². The maximum atomic E-state index is 5.71. The lowest BCUT2D eigenvalue weighted by atomic mass is 10.0. The average Bonchev–Trinajstić information content (AvgIpc) is 2.67. The van der Waals surface area contributed by atoms with Crippen molar-refractivity contribution in [1.29, 1.82) is 0 Å². The van der Waals surface area contributed by atoms with Gasteiger partial charge in [0.15, 0.2) is 5.79 Å². The highest BCUT2D eigenvalue weighted by Gasteiger charge is 2.35. The van der Waals surface area contributed by atoms with Crippen LogP contribution in [0.3, 0.4) is 0 Å². The quantitative estimate of drug-likeness (QED) is 0.921. The minimum absolute atomic E-state index is 0.504. The van der Waals surface area contributed by atoms with E-state index in [1.165, 1.54) is 5.56 Å². The zero-order chi connectivity index (χ0) is 11.4. The molecule has 0 aliphatic carbocycles. The van der Waals surface area contributed by atoms with Gasteiger partial charge in [-0.2, -0.15) is 0 Å². The maximum Gasteiger partial charge on any atom is 0.173 e. The van der Waals surface area contributed by atoms with Crippen molar-refractivity contribution in [1.82, 2.24) is 0 Å². The van der Waals surface area contributed by atoms with E-state index in [0.717, 1.165) is 17.3 Å². The molecule has 4 heteroatoms. The van der Waals surface area contributed by atoms with Gasteiger partial charge in [-0.05, 0) is 24.2 Å². The molecule has 1 aromatic rings. The Balaban J connectivity index is 2.11. The second-order valence-electron chi connectivity index (χ2n) is 3.95. The molecule has 0 aromatic heterocycles. The highest BCUT2D eigenvalue weighted by Crippen LogP contribution is 2.28. The van der Waals surface area contributed by atoms with Crippen LogP contribution in [0.4, 0.5) is 0 Å². The molecule has 2 rings (SSSR count). The van der Waals surface area contributed by atoms with Crippen molar-refractivity contribution in [2.24, 2.45) is 5.73 Å². The lowest BCUT2D eigenvalue weighted by Crippen LogP contribution is -2.35. The van der Waals surface area contributed by atoms with Crippen LogP contribution in [0, 0.1) is 0 Å². The number of nitrogens with two attached hydrogens (primary N) is 1. The van der Waals surface area contributed by atoms with Gasteiger partial charge in [0.25, 0.3) is 0 Å². The highest BCUT2D eigenvalue weighted by atomic mass is 79.9. The van der Waals surface area contributed by atoms with Crippen LogP contribution >= 0.6 is 15.9 Å². The number of benzene rings is 1. The molecule has 1 saturated heterocycles. The molecule has 0 spiro atoms. The summed E-state index contributed by atoms with van der Waals surface area (Å²) in [5.41, 5.74) is 6.81. The molecule has 0 amide bonds. The largest absolute Gasteiger partial charge is 0.347 e. The molecule has 0 unspecified atom stereocenters. The van der Waals surface area contributed by atoms with Crippen LogP contribution < -0.4 is 5.73 Å². The van der Waals surface area contributed by atoms with E-state index in [2.05, 4.69) is 28.1 Å². The fraction of sp³-hybridized carbons (Fsp3) is 0.500. The third-order valence-electron chi connectivity index (χ3n) is 2.70. The third-order valence-corrected chi connectivity index (χ3v) is 3.19. The SMILES string of the molecule is NCCC1(Cc2cccc(Br)c2)OCCO1. The first-order valence-electron chi connectivity index (χ1n) is 5.46. The molecule has 1 aromatic carbocycles. The summed E-state index contributed by atoms with van der Waals surface area (Å²) in [4.78, 5) is 0. The van der Waals surface area contributed by atoms with Gasteiger partial charge in [-0.15, -0.1) is 0 Å². The molecular weight excluding hydrogens is 270 g/mol. The smallest absolute Gasteiger partial charge is 0.173 e. The van der Waals surface area contributed by atoms with E-state index in [0.29, 0.717) is 19.8 Å². The highest BCUT2D eigenvalue weighted by molar-refractivity contribution is 9.10. The van der Waals surface area contributed by atoms with Crippen molar-refractivity contribution in [3.8, 4) is 0 Å². The van der Waals surface area contributed by atoms with E-state index in [1.807, 2.05) is 12.1 Å². The fourth-order valence-corrected chi connectivity index (χ4v) is 2.46. The predicted molar refractivity (Wildman–Crippen MR) is 66.2 cm³/mol. The first-order chi connectivity index (χ1) is 7.74. The molecule has 1 fully saturated rings. The number of hydrogen-bond donors (Lipinski definition) is 1. The van der Waals surface area contributed by atoms with Crippen LogP contribution in [0.2, 0.25) is 0 Å². The zero-order valence-corrected chi connectivity index (χ0v) is 10.7. The number of hydrogen-bond acceptors (Lipinski definition) is 3. The summed E-state index contributed by atoms with van der Waals surface area (Å²) in [6, 6.07) is 8.19. The number of halogens is 1. The van der Waals surface area contributed by atoms with E-state index >= 15 is 0 Å². The van der Waals surface area contributed by atoms with Crippen LogP contribution in [0.25, 0.3) is 0 Å². The maximum absolute atomic E-state index is 5.71. The van der Waals surface area contributed by atoms with Crippen molar-refractivity contribution >= 4 is 15.9 Å². The normalized spacial score (nSPS) is 18.9. The predicted octanol–water partition coefficient (Wildman–Crippen LogP) is 2.08. The molecule has 2 N–H and O–H groups in total. The Morgan fingerprint density at radius 1 is 1.31 bits per heavy atom. The fourth-order valence-electron chi connectivity index (χ4n) is 2.01. The molecule has 0 radical (unpaired) electrons. The second kappa shape index (κ2) is 5.27. The molecule has 1 aliphatic rings. The summed E-state index contributed by atoms with van der Waals surface area (Å²) in [7, 11) is 0. The summed E-state index contributed by atoms with van der Waals surface area (Å²) >= 11 is 3.46. The molecule has 3 nitrogen and oxygen atoms in total. The van der Waals surface area contributed by atoms with Crippen molar-refractivity contribution in [2.75, 3.05) is 19.8 Å². The van der Waals surface area contributed by atoms with Crippen molar-refractivity contribution < 1.29 is 9.47 Å². The van der Waals surface area contributed by atoms with E-state index < -0.39 is 5.79 Å². The summed E-state index contributed by atoms with van der Waals surface area (Å²) in [5, 5.41) is 0. The minimum Gasteiger partial charge on any atom is -0.347 e. The molecular formula is C12H16BrNO2. The molecule has 1 aliphatic heterocycles. The van der Waals surface area contributed by atoms with Crippen molar-refractivity contribution in [3.05, 3.63) is 34.3 Å². The molecule has 88 valence electrons. The topological polar surface area (TPSA) is 44.5 Å². The van der Waals surface area contributed by atoms with Crippen LogP contribution in [0.1, 0.15) is 12.0 Å². The minimum atomic E-state index is -0.504. The molecule has 0 saturated carbocycles. The van der Waals surface area contributed by atoms with Gasteiger partial charge in [0.05, 0.1) is 13.2 Å². The molecule has 0 atom stereocenters. The van der Waals surface area contributed by atoms with Crippen LogP contribution in [0.5, 0.6) is 0 Å². The Labute approximate surface area is 104 Å². The summed E-state index contributed by atoms with van der Waals surface area (Å²) in [6.45, 7) is 1.90. The summed E-state index contributed by atoms with van der Waals surface area (Å²) < 4.78 is 12.5. The van der Waals surface area contributed by atoms with Crippen LogP contribution in [0.15, 0.2) is 28.7 Å². The van der Waals surface area contributed by atoms with Gasteiger partial charge in [-0.25, -0.2) is 0 Å². The van der Waals surface area contributed by atoms with E-state index in [9.17, 15) is 0 Å². The van der Waals surface area contributed by atoms with Crippen molar-refractivity contribution in [2.45, 2.75) is 18.6 Å². The first kappa shape index (κ1) is 12.0. The summed E-state index contributed by atoms with van der Waals surface area (Å²) in [5.74, 6) is -0.504. The van der Waals surface area contributed by atoms with Gasteiger partial charge in [0.2, 0.25) is 0 Å². The molecule has 0 bridgehead atoms. The lowest BCUT2D eigenvalue weighted by Gasteiger charge is -2.27. The first-order valence-corrected chi connectivity index (χ1v) is 6.26. The monoisotopic (exact) mass is 285 g/mol. The van der Waals surface area contributed by atoms with Gasteiger partial charge in [-0.3, -0.25) is 0 Å². The Morgan fingerprint density at radius 3 is 2.69 bits per heavy atom. The summed E-state index contributed by atoms with van der Waals surface area (Å²) in [6.07, 6.45) is 1.49. The number of rotatable bonds is 4. The van der Waals surface area contributed by atoms with E-state index in [-0.39, 0.29) is 0 Å². The zero-order valence-electron chi connectivity index (χ0n) is 9.12. The average molecular weight is 286 g/mol. The third kappa shape index (κ3) is 2.83. The Hall–Kier alpha value is -0.420.